The van der Waals surface area contributed by atoms with Gasteiger partial charge in [-0.15, -0.1) is 0 Å². The van der Waals surface area contributed by atoms with E-state index in [0.29, 0.717) is 12.0 Å². The molecule has 5 rings (SSSR count). The number of hydrogen-bond acceptors (Lipinski definition) is 3. The summed E-state index contributed by atoms with van der Waals surface area (Å²) in [5.74, 6) is 4.07. The van der Waals surface area contributed by atoms with E-state index in [9.17, 15) is 0 Å². The van der Waals surface area contributed by atoms with Gasteiger partial charge in [-0.05, 0) is 61.7 Å². The molecule has 4 aliphatic rings. The van der Waals surface area contributed by atoms with Crippen LogP contribution >= 0.6 is 0 Å². The van der Waals surface area contributed by atoms with E-state index in [1.54, 1.807) is 0 Å². The third-order valence-electron chi connectivity index (χ3n) is 5.69. The molecule has 0 saturated heterocycles. The molecule has 3 nitrogen and oxygen atoms in total. The average molecular weight is 257 g/mol. The van der Waals surface area contributed by atoms with Crippen molar-refractivity contribution in [2.45, 2.75) is 51.5 Å². The van der Waals surface area contributed by atoms with Crippen molar-refractivity contribution >= 4 is 0 Å². The van der Waals surface area contributed by atoms with Crippen LogP contribution in [0.3, 0.4) is 0 Å². The zero-order valence-electron chi connectivity index (χ0n) is 11.5. The summed E-state index contributed by atoms with van der Waals surface area (Å²) in [6, 6.07) is 0. The van der Waals surface area contributed by atoms with Crippen LogP contribution in [0.1, 0.15) is 49.9 Å². The van der Waals surface area contributed by atoms with Gasteiger partial charge in [0.1, 0.15) is 5.82 Å². The Morgan fingerprint density at radius 2 is 1.53 bits per heavy atom. The Hall–Kier alpha value is -0.960. The standard InChI is InChI=1S/C16H23N3/c17-8-14-9-18-15(19-10-14)7-16-4-11-1-12(5-16)3-13(2-11)6-16/h9-13H,1-8,17H2. The topological polar surface area (TPSA) is 51.8 Å². The van der Waals surface area contributed by atoms with Crippen molar-refractivity contribution in [1.82, 2.24) is 9.97 Å². The van der Waals surface area contributed by atoms with E-state index in [0.717, 1.165) is 35.6 Å². The van der Waals surface area contributed by atoms with E-state index in [1.165, 1.54) is 38.5 Å². The first-order chi connectivity index (χ1) is 9.25. The van der Waals surface area contributed by atoms with Gasteiger partial charge < -0.3 is 5.73 Å². The maximum Gasteiger partial charge on any atom is 0.128 e. The van der Waals surface area contributed by atoms with Crippen LogP contribution in [0.2, 0.25) is 0 Å². The maximum absolute atomic E-state index is 5.61. The molecule has 0 atom stereocenters. The second kappa shape index (κ2) is 4.27. The average Bonchev–Trinajstić information content (AvgIpc) is 2.37. The largest absolute Gasteiger partial charge is 0.326 e. The molecule has 4 bridgehead atoms. The molecule has 4 aliphatic carbocycles. The summed E-state index contributed by atoms with van der Waals surface area (Å²) in [5, 5.41) is 0. The van der Waals surface area contributed by atoms with Gasteiger partial charge in [0, 0.05) is 30.9 Å². The number of hydrogen-bond donors (Lipinski definition) is 1. The van der Waals surface area contributed by atoms with Crippen LogP contribution in [0.5, 0.6) is 0 Å². The molecular formula is C16H23N3. The van der Waals surface area contributed by atoms with Crippen molar-refractivity contribution in [2.24, 2.45) is 28.9 Å². The minimum atomic E-state index is 0.539. The van der Waals surface area contributed by atoms with Crippen molar-refractivity contribution in [3.63, 3.8) is 0 Å². The highest BCUT2D eigenvalue weighted by Crippen LogP contribution is 2.60. The van der Waals surface area contributed by atoms with Crippen LogP contribution in [-0.4, -0.2) is 9.97 Å². The first kappa shape index (κ1) is 11.8. The van der Waals surface area contributed by atoms with Gasteiger partial charge in [0.15, 0.2) is 0 Å². The molecule has 0 unspecified atom stereocenters. The van der Waals surface area contributed by atoms with Crippen molar-refractivity contribution < 1.29 is 0 Å². The zero-order chi connectivity index (χ0) is 12.9. The lowest BCUT2D eigenvalue weighted by atomic mass is 9.49. The van der Waals surface area contributed by atoms with Crippen molar-refractivity contribution in [3.8, 4) is 0 Å². The molecule has 1 aromatic heterocycles. The highest BCUT2D eigenvalue weighted by atomic mass is 14.9. The Morgan fingerprint density at radius 1 is 1.00 bits per heavy atom. The molecule has 0 aliphatic heterocycles. The van der Waals surface area contributed by atoms with Gasteiger partial charge in [-0.1, -0.05) is 0 Å². The predicted octanol–water partition coefficient (Wildman–Crippen LogP) is 2.69. The summed E-state index contributed by atoms with van der Waals surface area (Å²) < 4.78 is 0. The fourth-order valence-corrected chi connectivity index (χ4v) is 5.42. The van der Waals surface area contributed by atoms with E-state index in [4.69, 9.17) is 5.73 Å². The molecule has 0 radical (unpaired) electrons. The summed E-state index contributed by atoms with van der Waals surface area (Å²) in [6.45, 7) is 0.539. The Bertz CT molecular complexity index is 430. The minimum absolute atomic E-state index is 0.539. The lowest BCUT2D eigenvalue weighted by Gasteiger charge is -2.56. The molecule has 19 heavy (non-hydrogen) atoms. The number of nitrogens with zero attached hydrogens (tertiary/aromatic N) is 2. The normalized spacial score (nSPS) is 39.7. The van der Waals surface area contributed by atoms with E-state index >= 15 is 0 Å². The summed E-state index contributed by atoms with van der Waals surface area (Å²) in [4.78, 5) is 9.07. The zero-order valence-corrected chi connectivity index (χ0v) is 11.5. The van der Waals surface area contributed by atoms with Crippen LogP contribution < -0.4 is 5.73 Å². The highest BCUT2D eigenvalue weighted by molar-refractivity contribution is 5.09. The lowest BCUT2D eigenvalue weighted by molar-refractivity contribution is -0.0531. The Labute approximate surface area is 115 Å². The van der Waals surface area contributed by atoms with Gasteiger partial charge in [0.2, 0.25) is 0 Å². The first-order valence-corrected chi connectivity index (χ1v) is 7.74. The quantitative estimate of drug-likeness (QED) is 0.905. The summed E-state index contributed by atoms with van der Waals surface area (Å²) in [7, 11) is 0. The fraction of sp³-hybridized carbons (Fsp3) is 0.750. The van der Waals surface area contributed by atoms with E-state index in [2.05, 4.69) is 9.97 Å². The van der Waals surface area contributed by atoms with Gasteiger partial charge in [0.25, 0.3) is 0 Å². The van der Waals surface area contributed by atoms with Gasteiger partial charge in [-0.25, -0.2) is 9.97 Å². The van der Waals surface area contributed by atoms with Crippen LogP contribution in [0.15, 0.2) is 12.4 Å². The van der Waals surface area contributed by atoms with Gasteiger partial charge in [0.05, 0.1) is 0 Å². The smallest absolute Gasteiger partial charge is 0.128 e. The lowest BCUT2D eigenvalue weighted by Crippen LogP contribution is -2.47. The van der Waals surface area contributed by atoms with E-state index in [1.807, 2.05) is 12.4 Å². The molecule has 2 N–H and O–H groups in total. The molecule has 102 valence electrons. The van der Waals surface area contributed by atoms with E-state index in [-0.39, 0.29) is 0 Å². The van der Waals surface area contributed by atoms with Crippen LogP contribution in [0, 0.1) is 23.2 Å². The molecular weight excluding hydrogens is 234 g/mol. The molecule has 1 aromatic rings. The second-order valence-corrected chi connectivity index (χ2v) is 7.31. The van der Waals surface area contributed by atoms with Crippen LogP contribution in [0.25, 0.3) is 0 Å². The fourth-order valence-electron chi connectivity index (χ4n) is 5.42. The monoisotopic (exact) mass is 257 g/mol. The molecule has 1 heterocycles. The molecule has 3 heteroatoms. The third kappa shape index (κ3) is 2.08. The number of nitrogens with two attached hydrogens (primary N) is 1. The van der Waals surface area contributed by atoms with Crippen LogP contribution in [0.4, 0.5) is 0 Å². The Kier molecular flexibility index (Phi) is 2.66. The summed E-state index contributed by atoms with van der Waals surface area (Å²) in [6.07, 6.45) is 13.7. The Balaban J connectivity index is 1.55. The molecule has 0 amide bonds. The minimum Gasteiger partial charge on any atom is -0.326 e. The van der Waals surface area contributed by atoms with Crippen molar-refractivity contribution in [3.05, 3.63) is 23.8 Å². The molecule has 4 fully saturated rings. The maximum atomic E-state index is 5.61. The van der Waals surface area contributed by atoms with E-state index < -0.39 is 0 Å². The summed E-state index contributed by atoms with van der Waals surface area (Å²) >= 11 is 0. The highest BCUT2D eigenvalue weighted by Gasteiger charge is 2.50. The second-order valence-electron chi connectivity index (χ2n) is 7.31. The van der Waals surface area contributed by atoms with Crippen molar-refractivity contribution in [2.75, 3.05) is 0 Å². The van der Waals surface area contributed by atoms with Gasteiger partial charge in [-0.3, -0.25) is 0 Å². The predicted molar refractivity (Wildman–Crippen MR) is 74.2 cm³/mol. The summed E-state index contributed by atoms with van der Waals surface area (Å²) in [5.41, 5.74) is 7.18. The van der Waals surface area contributed by atoms with Crippen LogP contribution in [-0.2, 0) is 13.0 Å². The van der Waals surface area contributed by atoms with Gasteiger partial charge >= 0.3 is 0 Å². The number of rotatable bonds is 3. The molecule has 0 aromatic carbocycles. The number of aromatic nitrogens is 2. The van der Waals surface area contributed by atoms with Crippen molar-refractivity contribution in [1.29, 1.82) is 0 Å². The molecule has 0 spiro atoms. The third-order valence-corrected chi connectivity index (χ3v) is 5.69. The molecule has 4 saturated carbocycles. The SMILES string of the molecule is NCc1cnc(CC23CC4CC(CC(C4)C2)C3)nc1. The Morgan fingerprint density at radius 3 is 2.00 bits per heavy atom. The first-order valence-electron chi connectivity index (χ1n) is 7.74. The van der Waals surface area contributed by atoms with Gasteiger partial charge in [-0.2, -0.15) is 0 Å².